The number of rotatable bonds is 3. The average molecular weight is 682 g/mol. The summed E-state index contributed by atoms with van der Waals surface area (Å²) in [6, 6.07) is 53.5. The normalized spacial score (nSPS) is 15.3. The standard InChI is InChI=1S/C49H31NO3/c1-2-13-30(14-3-1)50(41-23-12-19-35-34-17-7-11-24-42(34)52-47(35)41)31-25-27-43-45(29-31)53-48-44(51-43)28-26-40-46(48)36-18-6-10-22-39(36)49(40)37-20-8-4-15-32(37)33-16-5-9-21-38(33)49/h1-9,11-21,23-29H,10,22H2. The van der Waals surface area contributed by atoms with E-state index < -0.39 is 0 Å². The Labute approximate surface area is 306 Å². The summed E-state index contributed by atoms with van der Waals surface area (Å²) in [4.78, 5) is 2.24. The first-order valence-electron chi connectivity index (χ1n) is 18.3. The summed E-state index contributed by atoms with van der Waals surface area (Å²) in [7, 11) is 0. The predicted molar refractivity (Wildman–Crippen MR) is 212 cm³/mol. The molecule has 53 heavy (non-hydrogen) atoms. The Kier molecular flexibility index (Phi) is 5.79. The van der Waals surface area contributed by atoms with Crippen molar-refractivity contribution in [3.63, 3.8) is 0 Å². The van der Waals surface area contributed by atoms with Gasteiger partial charge in [-0.15, -0.1) is 0 Å². The lowest BCUT2D eigenvalue weighted by atomic mass is 9.68. The molecule has 12 rings (SSSR count). The SMILES string of the molecule is C1=CC2=C(CC1)C1(c3ccccc3-c3ccccc31)c1ccc3c(c12)Oc1cc(N(c2ccccc2)c2cccc4c2oc2ccccc24)ccc1O3. The molecule has 4 nitrogen and oxygen atoms in total. The first kappa shape index (κ1) is 28.9. The maximum Gasteiger partial charge on any atom is 0.178 e. The molecular weight excluding hydrogens is 651 g/mol. The lowest BCUT2D eigenvalue weighted by Crippen LogP contribution is -2.27. The van der Waals surface area contributed by atoms with Crippen molar-refractivity contribution in [2.45, 2.75) is 18.3 Å². The number of anilines is 3. The molecule has 8 aromatic rings. The fourth-order valence-corrected chi connectivity index (χ4v) is 9.57. The van der Waals surface area contributed by atoms with E-state index in [0.717, 1.165) is 68.9 Å². The van der Waals surface area contributed by atoms with E-state index in [1.54, 1.807) is 0 Å². The number of nitrogens with zero attached hydrogens (tertiary/aromatic N) is 1. The van der Waals surface area contributed by atoms with E-state index in [1.807, 2.05) is 24.3 Å². The molecule has 0 N–H and O–H groups in total. The van der Waals surface area contributed by atoms with Crippen molar-refractivity contribution in [1.29, 1.82) is 0 Å². The van der Waals surface area contributed by atoms with Gasteiger partial charge < -0.3 is 18.8 Å². The van der Waals surface area contributed by atoms with Crippen LogP contribution < -0.4 is 14.4 Å². The van der Waals surface area contributed by atoms with Gasteiger partial charge in [-0.05, 0) is 94.3 Å². The van der Waals surface area contributed by atoms with Crippen LogP contribution >= 0.6 is 0 Å². The number of allylic oxidation sites excluding steroid dienone is 4. The lowest BCUT2D eigenvalue weighted by Gasteiger charge is -2.33. The summed E-state index contributed by atoms with van der Waals surface area (Å²) in [6.07, 6.45) is 6.62. The number of fused-ring (bicyclic) bond motifs is 15. The van der Waals surface area contributed by atoms with Crippen molar-refractivity contribution < 1.29 is 13.9 Å². The van der Waals surface area contributed by atoms with E-state index in [0.29, 0.717) is 11.5 Å². The Bertz CT molecular complexity index is 2870. The minimum Gasteiger partial charge on any atom is -0.454 e. The van der Waals surface area contributed by atoms with Crippen LogP contribution in [-0.2, 0) is 5.41 Å². The Morgan fingerprint density at radius 2 is 1.28 bits per heavy atom. The minimum atomic E-state index is -0.376. The molecule has 0 unspecified atom stereocenters. The molecule has 0 amide bonds. The molecule has 250 valence electrons. The second-order valence-corrected chi connectivity index (χ2v) is 14.2. The van der Waals surface area contributed by atoms with Gasteiger partial charge in [0, 0.05) is 28.1 Å². The summed E-state index contributed by atoms with van der Waals surface area (Å²) in [5.74, 6) is 2.87. The van der Waals surface area contributed by atoms with Crippen LogP contribution in [0.5, 0.6) is 23.0 Å². The van der Waals surface area contributed by atoms with Crippen LogP contribution in [-0.4, -0.2) is 0 Å². The smallest absolute Gasteiger partial charge is 0.178 e. The number of benzene rings is 7. The van der Waals surface area contributed by atoms with Gasteiger partial charge in [0.1, 0.15) is 5.58 Å². The molecule has 1 spiro atoms. The van der Waals surface area contributed by atoms with E-state index in [-0.39, 0.29) is 5.41 Å². The Morgan fingerprint density at radius 1 is 0.547 bits per heavy atom. The lowest BCUT2D eigenvalue weighted by molar-refractivity contribution is 0.358. The van der Waals surface area contributed by atoms with Crippen LogP contribution in [0.25, 0.3) is 38.6 Å². The highest BCUT2D eigenvalue weighted by Crippen LogP contribution is 2.66. The van der Waals surface area contributed by atoms with Crippen molar-refractivity contribution in [1.82, 2.24) is 0 Å². The zero-order valence-electron chi connectivity index (χ0n) is 28.7. The molecule has 1 aromatic heterocycles. The molecule has 4 heteroatoms. The third kappa shape index (κ3) is 3.79. The van der Waals surface area contributed by atoms with Gasteiger partial charge in [-0.2, -0.15) is 0 Å². The monoisotopic (exact) mass is 681 g/mol. The Balaban J connectivity index is 1.04. The van der Waals surface area contributed by atoms with Crippen LogP contribution in [0.3, 0.4) is 0 Å². The summed E-state index contributed by atoms with van der Waals surface area (Å²) in [6.45, 7) is 0. The summed E-state index contributed by atoms with van der Waals surface area (Å²) in [5, 5.41) is 2.18. The molecule has 7 aromatic carbocycles. The summed E-state index contributed by atoms with van der Waals surface area (Å²) >= 11 is 0. The van der Waals surface area contributed by atoms with Gasteiger partial charge in [0.2, 0.25) is 0 Å². The van der Waals surface area contributed by atoms with Gasteiger partial charge >= 0.3 is 0 Å². The Hall–Kier alpha value is -6.78. The van der Waals surface area contributed by atoms with Crippen LogP contribution in [0.2, 0.25) is 0 Å². The fraction of sp³-hybridized carbons (Fsp3) is 0.0612. The van der Waals surface area contributed by atoms with Crippen molar-refractivity contribution in [3.05, 3.63) is 192 Å². The van der Waals surface area contributed by atoms with Gasteiger partial charge in [0.15, 0.2) is 28.6 Å². The van der Waals surface area contributed by atoms with E-state index in [2.05, 4.69) is 144 Å². The van der Waals surface area contributed by atoms with Gasteiger partial charge in [-0.25, -0.2) is 0 Å². The van der Waals surface area contributed by atoms with Gasteiger partial charge in [0.05, 0.1) is 16.8 Å². The number of furan rings is 1. The fourth-order valence-electron chi connectivity index (χ4n) is 9.57. The molecule has 0 fully saturated rings. The molecule has 1 aliphatic heterocycles. The number of hydrogen-bond acceptors (Lipinski definition) is 4. The van der Waals surface area contributed by atoms with Crippen molar-refractivity contribution >= 4 is 44.6 Å². The Morgan fingerprint density at radius 3 is 2.13 bits per heavy atom. The predicted octanol–water partition coefficient (Wildman–Crippen LogP) is 13.4. The maximum atomic E-state index is 7.10. The average Bonchev–Trinajstić information content (AvgIpc) is 3.85. The minimum absolute atomic E-state index is 0.376. The van der Waals surface area contributed by atoms with E-state index in [1.165, 1.54) is 39.0 Å². The van der Waals surface area contributed by atoms with Crippen molar-refractivity contribution in [2.75, 3.05) is 4.90 Å². The first-order chi connectivity index (χ1) is 26.3. The highest BCUT2D eigenvalue weighted by atomic mass is 16.6. The molecule has 2 heterocycles. The third-order valence-electron chi connectivity index (χ3n) is 11.6. The van der Waals surface area contributed by atoms with Crippen molar-refractivity contribution in [3.8, 4) is 34.1 Å². The van der Waals surface area contributed by atoms with E-state index >= 15 is 0 Å². The second kappa shape index (κ2) is 10.6. The molecule has 0 bridgehead atoms. The maximum absolute atomic E-state index is 7.10. The summed E-state index contributed by atoms with van der Waals surface area (Å²) < 4.78 is 20.4. The number of hydrogen-bond donors (Lipinski definition) is 0. The number of ether oxygens (including phenoxy) is 2. The highest BCUT2D eigenvalue weighted by molar-refractivity contribution is 6.10. The van der Waals surface area contributed by atoms with Crippen LogP contribution in [0.4, 0.5) is 17.1 Å². The van der Waals surface area contributed by atoms with Gasteiger partial charge in [-0.1, -0.05) is 115 Å². The largest absolute Gasteiger partial charge is 0.454 e. The zero-order valence-corrected chi connectivity index (χ0v) is 28.7. The molecule has 0 saturated heterocycles. The van der Waals surface area contributed by atoms with E-state index in [4.69, 9.17) is 13.9 Å². The molecule has 4 aliphatic rings. The van der Waals surface area contributed by atoms with Gasteiger partial charge in [0.25, 0.3) is 0 Å². The topological polar surface area (TPSA) is 34.8 Å². The van der Waals surface area contributed by atoms with Crippen LogP contribution in [0, 0.1) is 0 Å². The molecule has 0 saturated carbocycles. The molecule has 3 aliphatic carbocycles. The zero-order chi connectivity index (χ0) is 34.7. The highest BCUT2D eigenvalue weighted by Gasteiger charge is 2.54. The van der Waals surface area contributed by atoms with E-state index in [9.17, 15) is 0 Å². The van der Waals surface area contributed by atoms with Gasteiger partial charge in [-0.3, -0.25) is 0 Å². The third-order valence-corrected chi connectivity index (χ3v) is 11.6. The van der Waals surface area contributed by atoms with Crippen LogP contribution in [0.15, 0.2) is 174 Å². The quantitative estimate of drug-likeness (QED) is 0.186. The molecule has 0 radical (unpaired) electrons. The number of para-hydroxylation sites is 3. The second-order valence-electron chi connectivity index (χ2n) is 14.2. The molecular formula is C49H31NO3. The first-order valence-corrected chi connectivity index (χ1v) is 18.3. The molecule has 0 atom stereocenters. The summed E-state index contributed by atoms with van der Waals surface area (Å²) in [5.41, 5.74) is 14.6. The van der Waals surface area contributed by atoms with Crippen molar-refractivity contribution in [2.24, 2.45) is 0 Å². The van der Waals surface area contributed by atoms with Crippen LogP contribution in [0.1, 0.15) is 35.1 Å².